The predicted molar refractivity (Wildman–Crippen MR) is 57.9 cm³/mol. The molecule has 3 nitrogen and oxygen atoms in total. The molecule has 94 valence electrons. The summed E-state index contributed by atoms with van der Waals surface area (Å²) in [6.07, 6.45) is 1.95. The van der Waals surface area contributed by atoms with Gasteiger partial charge in [0.2, 0.25) is 0 Å². The van der Waals surface area contributed by atoms with Crippen molar-refractivity contribution in [3.05, 3.63) is 0 Å². The maximum Gasteiger partial charge on any atom is 0.168 e. The Labute approximate surface area is 96.2 Å². The van der Waals surface area contributed by atoms with E-state index in [0.29, 0.717) is 18.3 Å². The largest absolute Gasteiger partial charge is 0.378 e. The molecule has 0 aromatic heterocycles. The van der Waals surface area contributed by atoms with Crippen LogP contribution in [0.3, 0.4) is 0 Å². The van der Waals surface area contributed by atoms with Gasteiger partial charge in [-0.25, -0.2) is 4.39 Å². The van der Waals surface area contributed by atoms with Crippen LogP contribution in [0.5, 0.6) is 0 Å². The Morgan fingerprint density at radius 1 is 1.00 bits per heavy atom. The number of ether oxygens (including phenoxy) is 3. The van der Waals surface area contributed by atoms with Crippen LogP contribution in [0.25, 0.3) is 0 Å². The van der Waals surface area contributed by atoms with E-state index in [1.807, 2.05) is 0 Å². The summed E-state index contributed by atoms with van der Waals surface area (Å²) in [5.41, 5.74) is 0. The Hall–Kier alpha value is -0.190. The normalized spacial score (nSPS) is 42.0. The van der Waals surface area contributed by atoms with E-state index in [0.717, 1.165) is 19.3 Å². The molecule has 0 heterocycles. The van der Waals surface area contributed by atoms with Crippen molar-refractivity contribution in [2.24, 2.45) is 11.8 Å². The Kier molecular flexibility index (Phi) is 3.52. The molecule has 0 aromatic rings. The number of fused-ring (bicyclic) bond motifs is 1. The number of hydrogen-bond acceptors (Lipinski definition) is 3. The molecule has 0 spiro atoms. The van der Waals surface area contributed by atoms with Crippen molar-refractivity contribution >= 4 is 0 Å². The fourth-order valence-corrected chi connectivity index (χ4v) is 3.31. The lowest BCUT2D eigenvalue weighted by Gasteiger charge is -2.33. The molecular weight excluding hydrogens is 211 g/mol. The van der Waals surface area contributed by atoms with Gasteiger partial charge in [-0.05, 0) is 24.7 Å². The average molecular weight is 232 g/mol. The molecule has 4 atom stereocenters. The minimum Gasteiger partial charge on any atom is -0.378 e. The monoisotopic (exact) mass is 232 g/mol. The third kappa shape index (κ3) is 1.98. The second-order valence-electron chi connectivity index (χ2n) is 5.01. The van der Waals surface area contributed by atoms with Gasteiger partial charge in [0.15, 0.2) is 5.79 Å². The van der Waals surface area contributed by atoms with E-state index < -0.39 is 12.0 Å². The van der Waals surface area contributed by atoms with E-state index in [1.165, 1.54) is 0 Å². The lowest BCUT2D eigenvalue weighted by molar-refractivity contribution is -0.204. The Balaban J connectivity index is 2.05. The van der Waals surface area contributed by atoms with Crippen LogP contribution in [0.1, 0.15) is 25.7 Å². The molecule has 0 bridgehead atoms. The van der Waals surface area contributed by atoms with E-state index in [4.69, 9.17) is 14.2 Å². The van der Waals surface area contributed by atoms with Gasteiger partial charge in [-0.3, -0.25) is 0 Å². The molecule has 0 saturated heterocycles. The Morgan fingerprint density at radius 2 is 1.56 bits per heavy atom. The summed E-state index contributed by atoms with van der Waals surface area (Å²) in [6.45, 7) is 0. The summed E-state index contributed by atoms with van der Waals surface area (Å²) in [5.74, 6) is 0.357. The maximum absolute atomic E-state index is 13.7. The third-order valence-electron chi connectivity index (χ3n) is 4.33. The van der Waals surface area contributed by atoms with Crippen LogP contribution in [0.2, 0.25) is 0 Å². The minimum absolute atomic E-state index is 0.245. The first kappa shape index (κ1) is 12.3. The molecule has 0 N–H and O–H groups in total. The zero-order valence-electron chi connectivity index (χ0n) is 10.2. The number of alkyl halides is 1. The summed E-state index contributed by atoms with van der Waals surface area (Å²) >= 11 is 0. The van der Waals surface area contributed by atoms with E-state index in [2.05, 4.69) is 0 Å². The standard InChI is InChI=1S/C12H21FO3/c1-14-11-5-9-7-12(15-2,16-3)6-8(9)4-10(11)13/h8-11H,4-7H2,1-3H3/t8?,9-,10-,11?/m0/s1. The molecule has 2 fully saturated rings. The zero-order chi connectivity index (χ0) is 11.8. The average Bonchev–Trinajstić information content (AvgIpc) is 2.66. The topological polar surface area (TPSA) is 27.7 Å². The molecule has 0 amide bonds. The molecule has 0 radical (unpaired) electrons. The Bertz CT molecular complexity index is 242. The second-order valence-corrected chi connectivity index (χ2v) is 5.01. The van der Waals surface area contributed by atoms with Crippen LogP contribution in [-0.4, -0.2) is 39.4 Å². The number of hydrogen-bond donors (Lipinski definition) is 0. The predicted octanol–water partition coefficient (Wildman–Crippen LogP) is 2.15. The smallest absolute Gasteiger partial charge is 0.168 e. The van der Waals surface area contributed by atoms with Crippen LogP contribution in [0, 0.1) is 11.8 Å². The van der Waals surface area contributed by atoms with Gasteiger partial charge in [0, 0.05) is 34.2 Å². The molecule has 2 unspecified atom stereocenters. The van der Waals surface area contributed by atoms with Crippen molar-refractivity contribution < 1.29 is 18.6 Å². The highest BCUT2D eigenvalue weighted by Crippen LogP contribution is 2.49. The summed E-state index contributed by atoms with van der Waals surface area (Å²) in [4.78, 5) is 0. The van der Waals surface area contributed by atoms with E-state index >= 15 is 0 Å². The molecule has 0 aliphatic heterocycles. The first-order valence-electron chi connectivity index (χ1n) is 5.91. The molecule has 2 rings (SSSR count). The van der Waals surface area contributed by atoms with Crippen molar-refractivity contribution in [3.8, 4) is 0 Å². The Morgan fingerprint density at radius 3 is 2.06 bits per heavy atom. The van der Waals surface area contributed by atoms with Gasteiger partial charge in [-0.1, -0.05) is 0 Å². The molecule has 16 heavy (non-hydrogen) atoms. The zero-order valence-corrected chi connectivity index (χ0v) is 10.2. The summed E-state index contributed by atoms with van der Waals surface area (Å²) < 4.78 is 29.8. The minimum atomic E-state index is -0.837. The van der Waals surface area contributed by atoms with Crippen LogP contribution in [0.4, 0.5) is 4.39 Å². The summed E-state index contributed by atoms with van der Waals surface area (Å²) in [5, 5.41) is 0. The van der Waals surface area contributed by atoms with Gasteiger partial charge in [0.05, 0.1) is 6.10 Å². The fraction of sp³-hybridized carbons (Fsp3) is 1.00. The first-order valence-corrected chi connectivity index (χ1v) is 5.91. The second kappa shape index (κ2) is 4.59. The van der Waals surface area contributed by atoms with Gasteiger partial charge < -0.3 is 14.2 Å². The summed E-state index contributed by atoms with van der Waals surface area (Å²) in [7, 11) is 4.93. The van der Waals surface area contributed by atoms with Crippen molar-refractivity contribution in [1.82, 2.24) is 0 Å². The van der Waals surface area contributed by atoms with Gasteiger partial charge in [0.1, 0.15) is 6.17 Å². The van der Waals surface area contributed by atoms with Crippen molar-refractivity contribution in [1.29, 1.82) is 0 Å². The van der Waals surface area contributed by atoms with Gasteiger partial charge in [-0.2, -0.15) is 0 Å². The first-order chi connectivity index (χ1) is 7.64. The van der Waals surface area contributed by atoms with E-state index in [-0.39, 0.29) is 6.10 Å². The fourth-order valence-electron chi connectivity index (χ4n) is 3.31. The lowest BCUT2D eigenvalue weighted by Crippen LogP contribution is -2.35. The number of methoxy groups -OCH3 is 3. The molecule has 2 aliphatic carbocycles. The quantitative estimate of drug-likeness (QED) is 0.698. The number of rotatable bonds is 3. The SMILES string of the molecule is COC1C[C@H]2CC(OC)(OC)CC2C[C@@H]1F. The molecule has 4 heteroatoms. The highest BCUT2D eigenvalue weighted by molar-refractivity contribution is 4.97. The third-order valence-corrected chi connectivity index (χ3v) is 4.33. The van der Waals surface area contributed by atoms with Crippen molar-refractivity contribution in [3.63, 3.8) is 0 Å². The lowest BCUT2D eigenvalue weighted by atomic mass is 9.79. The van der Waals surface area contributed by atoms with Crippen LogP contribution in [-0.2, 0) is 14.2 Å². The molecular formula is C12H21FO3. The van der Waals surface area contributed by atoms with Crippen molar-refractivity contribution in [2.75, 3.05) is 21.3 Å². The van der Waals surface area contributed by atoms with Gasteiger partial charge >= 0.3 is 0 Å². The van der Waals surface area contributed by atoms with Gasteiger partial charge in [0.25, 0.3) is 0 Å². The van der Waals surface area contributed by atoms with Gasteiger partial charge in [-0.15, -0.1) is 0 Å². The highest BCUT2D eigenvalue weighted by atomic mass is 19.1. The van der Waals surface area contributed by atoms with E-state index in [9.17, 15) is 4.39 Å². The summed E-state index contributed by atoms with van der Waals surface area (Å²) in [6, 6.07) is 0. The maximum atomic E-state index is 13.7. The van der Waals surface area contributed by atoms with Crippen LogP contribution >= 0.6 is 0 Å². The highest BCUT2D eigenvalue weighted by Gasteiger charge is 2.50. The van der Waals surface area contributed by atoms with Crippen LogP contribution < -0.4 is 0 Å². The molecule has 2 aliphatic rings. The number of halogens is 1. The van der Waals surface area contributed by atoms with Crippen LogP contribution in [0.15, 0.2) is 0 Å². The van der Waals surface area contributed by atoms with E-state index in [1.54, 1.807) is 21.3 Å². The molecule has 2 saturated carbocycles. The molecule has 0 aromatic carbocycles. The van der Waals surface area contributed by atoms with Crippen molar-refractivity contribution in [2.45, 2.75) is 43.7 Å².